The predicted octanol–water partition coefficient (Wildman–Crippen LogP) is 2.27. The number of hydrogen-bond donors (Lipinski definition) is 0. The van der Waals surface area contributed by atoms with Gasteiger partial charge in [-0.05, 0) is 26.0 Å². The summed E-state index contributed by atoms with van der Waals surface area (Å²) < 4.78 is 1.81. The first-order valence-electron chi connectivity index (χ1n) is 4.06. The second kappa shape index (κ2) is 4.40. The van der Waals surface area contributed by atoms with E-state index in [1.807, 2.05) is 30.6 Å². The Kier molecular flexibility index (Phi) is 3.20. The number of allylic oxidation sites excluding steroid dienone is 5. The third-order valence-electron chi connectivity index (χ3n) is 1.51. The Balaban J connectivity index is 2.92. The predicted molar refractivity (Wildman–Crippen MR) is 53.9 cm³/mol. The monoisotopic (exact) mass is 175 g/mol. The summed E-state index contributed by atoms with van der Waals surface area (Å²) in [6.07, 6.45) is 9.06. The van der Waals surface area contributed by atoms with Crippen molar-refractivity contribution in [1.29, 1.82) is 0 Å². The van der Waals surface area contributed by atoms with Crippen molar-refractivity contribution in [3.05, 3.63) is 43.0 Å². The number of aromatic nitrogens is 3. The van der Waals surface area contributed by atoms with Gasteiger partial charge in [-0.2, -0.15) is 0 Å². The summed E-state index contributed by atoms with van der Waals surface area (Å²) in [5.41, 5.74) is 2.21. The lowest BCUT2D eigenvalue weighted by Gasteiger charge is -1.98. The number of rotatable bonds is 3. The van der Waals surface area contributed by atoms with E-state index in [9.17, 15) is 0 Å². The second-order valence-corrected chi connectivity index (χ2v) is 2.91. The van der Waals surface area contributed by atoms with Crippen molar-refractivity contribution in [3.8, 4) is 0 Å². The lowest BCUT2D eigenvalue weighted by molar-refractivity contribution is 1.09. The van der Waals surface area contributed by atoms with Crippen LogP contribution in [-0.2, 0) is 0 Å². The molecule has 3 nitrogen and oxygen atoms in total. The molecule has 1 rings (SSSR count). The van der Waals surface area contributed by atoms with Crippen LogP contribution in [0.4, 0.5) is 0 Å². The van der Waals surface area contributed by atoms with E-state index in [1.54, 1.807) is 18.7 Å². The molecular formula is C10H13N3. The molecule has 0 fully saturated rings. The molecular weight excluding hydrogens is 162 g/mol. The zero-order chi connectivity index (χ0) is 9.68. The zero-order valence-electron chi connectivity index (χ0n) is 7.94. The highest BCUT2D eigenvalue weighted by Crippen LogP contribution is 2.04. The van der Waals surface area contributed by atoms with Crippen molar-refractivity contribution in [3.63, 3.8) is 0 Å². The van der Waals surface area contributed by atoms with Crippen molar-refractivity contribution < 1.29 is 0 Å². The van der Waals surface area contributed by atoms with Gasteiger partial charge in [-0.15, -0.1) is 10.2 Å². The third kappa shape index (κ3) is 2.71. The SMILES string of the molecule is C=C/C(=C\C=C(C)C)n1cnnc1. The van der Waals surface area contributed by atoms with E-state index >= 15 is 0 Å². The van der Waals surface area contributed by atoms with Crippen LogP contribution in [0.3, 0.4) is 0 Å². The highest BCUT2D eigenvalue weighted by Gasteiger charge is 1.92. The van der Waals surface area contributed by atoms with Gasteiger partial charge in [-0.3, -0.25) is 4.57 Å². The molecule has 0 atom stereocenters. The van der Waals surface area contributed by atoms with Crippen LogP contribution in [0, 0.1) is 0 Å². The molecule has 0 aliphatic carbocycles. The van der Waals surface area contributed by atoms with Crippen LogP contribution in [0.2, 0.25) is 0 Å². The first-order valence-corrected chi connectivity index (χ1v) is 4.06. The molecule has 13 heavy (non-hydrogen) atoms. The van der Waals surface area contributed by atoms with Crippen molar-refractivity contribution in [2.75, 3.05) is 0 Å². The van der Waals surface area contributed by atoms with E-state index < -0.39 is 0 Å². The molecule has 0 bridgehead atoms. The Hall–Kier alpha value is -1.64. The van der Waals surface area contributed by atoms with Crippen molar-refractivity contribution in [1.82, 2.24) is 14.8 Å². The minimum absolute atomic E-state index is 0.964. The molecule has 0 radical (unpaired) electrons. The maximum atomic E-state index is 3.72. The minimum Gasteiger partial charge on any atom is -0.288 e. The van der Waals surface area contributed by atoms with E-state index in [0.717, 1.165) is 5.70 Å². The molecule has 68 valence electrons. The Morgan fingerprint density at radius 2 is 1.85 bits per heavy atom. The topological polar surface area (TPSA) is 30.7 Å². The van der Waals surface area contributed by atoms with Gasteiger partial charge in [0.15, 0.2) is 0 Å². The fourth-order valence-electron chi connectivity index (χ4n) is 0.846. The van der Waals surface area contributed by atoms with E-state index in [4.69, 9.17) is 0 Å². The first kappa shape index (κ1) is 9.45. The molecule has 0 unspecified atom stereocenters. The highest BCUT2D eigenvalue weighted by atomic mass is 15.2. The molecule has 0 amide bonds. The van der Waals surface area contributed by atoms with E-state index in [2.05, 4.69) is 16.8 Å². The largest absolute Gasteiger partial charge is 0.288 e. The normalized spacial score (nSPS) is 11.1. The molecule has 0 aliphatic rings. The molecule has 0 saturated carbocycles. The number of nitrogens with zero attached hydrogens (tertiary/aromatic N) is 3. The average molecular weight is 175 g/mol. The van der Waals surface area contributed by atoms with Crippen LogP contribution in [0.1, 0.15) is 13.8 Å². The van der Waals surface area contributed by atoms with Crippen LogP contribution < -0.4 is 0 Å². The van der Waals surface area contributed by atoms with Gasteiger partial charge in [-0.25, -0.2) is 0 Å². The van der Waals surface area contributed by atoms with Crippen molar-refractivity contribution in [2.45, 2.75) is 13.8 Å². The zero-order valence-corrected chi connectivity index (χ0v) is 7.94. The summed E-state index contributed by atoms with van der Waals surface area (Å²) in [5.74, 6) is 0. The van der Waals surface area contributed by atoms with Gasteiger partial charge in [0.25, 0.3) is 0 Å². The minimum atomic E-state index is 0.964. The lowest BCUT2D eigenvalue weighted by atomic mass is 10.3. The van der Waals surface area contributed by atoms with Crippen LogP contribution in [0.15, 0.2) is 43.0 Å². The molecule has 1 aromatic rings. The van der Waals surface area contributed by atoms with Crippen LogP contribution in [0.5, 0.6) is 0 Å². The van der Waals surface area contributed by atoms with Gasteiger partial charge in [0, 0.05) is 5.70 Å². The van der Waals surface area contributed by atoms with Gasteiger partial charge in [0.05, 0.1) is 0 Å². The molecule has 1 aromatic heterocycles. The maximum absolute atomic E-state index is 3.72. The maximum Gasteiger partial charge on any atom is 0.123 e. The lowest BCUT2D eigenvalue weighted by Crippen LogP contribution is -1.89. The third-order valence-corrected chi connectivity index (χ3v) is 1.51. The fourth-order valence-corrected chi connectivity index (χ4v) is 0.846. The van der Waals surface area contributed by atoms with Gasteiger partial charge >= 0.3 is 0 Å². The Labute approximate surface area is 78.1 Å². The van der Waals surface area contributed by atoms with Gasteiger partial charge < -0.3 is 0 Å². The molecule has 3 heteroatoms. The number of hydrogen-bond acceptors (Lipinski definition) is 2. The second-order valence-electron chi connectivity index (χ2n) is 2.91. The average Bonchev–Trinajstić information content (AvgIpc) is 2.58. The van der Waals surface area contributed by atoms with Gasteiger partial charge in [-0.1, -0.05) is 18.2 Å². The van der Waals surface area contributed by atoms with Crippen molar-refractivity contribution in [2.24, 2.45) is 0 Å². The van der Waals surface area contributed by atoms with E-state index in [0.29, 0.717) is 0 Å². The summed E-state index contributed by atoms with van der Waals surface area (Å²) in [6.45, 7) is 7.81. The smallest absolute Gasteiger partial charge is 0.123 e. The van der Waals surface area contributed by atoms with Crippen LogP contribution in [-0.4, -0.2) is 14.8 Å². The summed E-state index contributed by atoms with van der Waals surface area (Å²) in [6, 6.07) is 0. The highest BCUT2D eigenvalue weighted by molar-refractivity contribution is 5.57. The Morgan fingerprint density at radius 3 is 2.31 bits per heavy atom. The molecule has 0 spiro atoms. The van der Waals surface area contributed by atoms with E-state index in [1.165, 1.54) is 5.57 Å². The van der Waals surface area contributed by atoms with E-state index in [-0.39, 0.29) is 0 Å². The molecule has 0 N–H and O–H groups in total. The fraction of sp³-hybridized carbons (Fsp3) is 0.200. The Morgan fingerprint density at radius 1 is 1.23 bits per heavy atom. The van der Waals surface area contributed by atoms with Crippen LogP contribution in [0.25, 0.3) is 5.70 Å². The summed E-state index contributed by atoms with van der Waals surface area (Å²) in [4.78, 5) is 0. The Bertz CT molecular complexity index is 327. The van der Waals surface area contributed by atoms with Gasteiger partial charge in [0.1, 0.15) is 12.7 Å². The molecule has 0 aromatic carbocycles. The molecule has 0 aliphatic heterocycles. The quantitative estimate of drug-likeness (QED) is 0.660. The first-order chi connectivity index (χ1) is 6.24. The molecule has 1 heterocycles. The van der Waals surface area contributed by atoms with Crippen molar-refractivity contribution >= 4 is 5.70 Å². The molecule has 0 saturated heterocycles. The summed E-state index contributed by atoms with van der Waals surface area (Å²) in [7, 11) is 0. The standard InChI is InChI=1S/C10H13N3/c1-4-10(6-5-9(2)3)13-7-11-12-8-13/h4-8H,1H2,2-3H3/b10-6+. The van der Waals surface area contributed by atoms with Gasteiger partial charge in [0.2, 0.25) is 0 Å². The van der Waals surface area contributed by atoms with Crippen LogP contribution >= 0.6 is 0 Å². The summed E-state index contributed by atoms with van der Waals surface area (Å²) in [5, 5.41) is 7.44. The summed E-state index contributed by atoms with van der Waals surface area (Å²) >= 11 is 0.